The van der Waals surface area contributed by atoms with Gasteiger partial charge in [-0.3, -0.25) is 19.8 Å². The Morgan fingerprint density at radius 3 is 2.56 bits per heavy atom. The minimum atomic E-state index is -0.457. The van der Waals surface area contributed by atoms with Crippen LogP contribution < -0.4 is 4.90 Å². The van der Waals surface area contributed by atoms with Crippen molar-refractivity contribution in [3.8, 4) is 0 Å². The van der Waals surface area contributed by atoms with E-state index in [0.717, 1.165) is 31.0 Å². The summed E-state index contributed by atoms with van der Waals surface area (Å²) >= 11 is 6.53. The number of benzene rings is 2. The second-order valence-corrected chi connectivity index (χ2v) is 7.78. The van der Waals surface area contributed by atoms with Crippen LogP contribution in [0.2, 0.25) is 0 Å². The highest BCUT2D eigenvalue weighted by Gasteiger charge is 2.33. The van der Waals surface area contributed by atoms with E-state index in [0.29, 0.717) is 20.5 Å². The molecule has 1 aliphatic heterocycles. The molecule has 2 aromatic carbocycles. The summed E-state index contributed by atoms with van der Waals surface area (Å²) in [5, 5.41) is 11.2. The number of hydrogen-bond donors (Lipinski definition) is 0. The molecule has 0 radical (unpaired) electrons. The molecule has 0 atom stereocenters. The molecule has 0 saturated carbocycles. The smallest absolute Gasteiger partial charge is 0.268 e. The molecule has 1 fully saturated rings. The maximum Gasteiger partial charge on any atom is 0.276 e. The van der Waals surface area contributed by atoms with Crippen molar-refractivity contribution in [3.63, 3.8) is 0 Å². The number of carbonyl (C=O) groups excluding carboxylic acids is 1. The molecule has 3 rings (SSSR count). The lowest BCUT2D eigenvalue weighted by atomic mass is 10.1. The van der Waals surface area contributed by atoms with E-state index in [1.807, 2.05) is 24.3 Å². The van der Waals surface area contributed by atoms with E-state index in [1.165, 1.54) is 22.6 Å². The van der Waals surface area contributed by atoms with Crippen LogP contribution in [0.3, 0.4) is 0 Å². The molecule has 0 bridgehead atoms. The quantitative estimate of drug-likeness (QED) is 0.284. The Bertz CT molecular complexity index is 923. The number of carbonyl (C=O) groups is 1. The van der Waals surface area contributed by atoms with Crippen molar-refractivity contribution in [2.75, 3.05) is 4.90 Å². The van der Waals surface area contributed by atoms with Crippen LogP contribution in [0.5, 0.6) is 0 Å². The molecule has 1 aliphatic rings. The fourth-order valence-corrected chi connectivity index (χ4v) is 4.09. The number of hydrogen-bond acceptors (Lipinski definition) is 5. The van der Waals surface area contributed by atoms with Gasteiger partial charge in [0.05, 0.1) is 21.1 Å². The summed E-state index contributed by atoms with van der Waals surface area (Å²) in [5.74, 6) is -0.260. The van der Waals surface area contributed by atoms with E-state index in [2.05, 4.69) is 6.92 Å². The first-order chi connectivity index (χ1) is 13.0. The zero-order valence-electron chi connectivity index (χ0n) is 14.8. The van der Waals surface area contributed by atoms with Crippen LogP contribution in [0.15, 0.2) is 53.4 Å². The lowest BCUT2D eigenvalue weighted by Gasteiger charge is -2.15. The normalized spacial score (nSPS) is 15.6. The Labute approximate surface area is 167 Å². The molecule has 27 heavy (non-hydrogen) atoms. The number of thioether (sulfide) groups is 1. The number of nitro groups is 1. The summed E-state index contributed by atoms with van der Waals surface area (Å²) < 4.78 is 0.422. The minimum Gasteiger partial charge on any atom is -0.268 e. The highest BCUT2D eigenvalue weighted by atomic mass is 32.2. The van der Waals surface area contributed by atoms with Crippen LogP contribution in [0.25, 0.3) is 6.08 Å². The van der Waals surface area contributed by atoms with E-state index in [9.17, 15) is 14.9 Å². The summed E-state index contributed by atoms with van der Waals surface area (Å²) in [6, 6.07) is 14.1. The number of unbranched alkanes of at least 4 members (excludes halogenated alkanes) is 1. The maximum atomic E-state index is 12.8. The average Bonchev–Trinajstić information content (AvgIpc) is 2.94. The van der Waals surface area contributed by atoms with Gasteiger partial charge in [-0.05, 0) is 42.7 Å². The van der Waals surface area contributed by atoms with Crippen molar-refractivity contribution in [2.45, 2.75) is 26.2 Å². The fourth-order valence-electron chi connectivity index (χ4n) is 2.80. The Balaban J connectivity index is 1.86. The van der Waals surface area contributed by atoms with Crippen molar-refractivity contribution in [1.82, 2.24) is 0 Å². The number of nitro benzene ring substituents is 1. The molecule has 7 heteroatoms. The third kappa shape index (κ3) is 4.26. The van der Waals surface area contributed by atoms with Gasteiger partial charge in [0, 0.05) is 6.07 Å². The Morgan fingerprint density at radius 2 is 1.89 bits per heavy atom. The number of anilines is 1. The van der Waals surface area contributed by atoms with Gasteiger partial charge in [0.15, 0.2) is 4.32 Å². The SMILES string of the molecule is CCCCc1ccc(N2C(=O)/C(=C/c3ccccc3[N+](=O)[O-])SC2=S)cc1. The summed E-state index contributed by atoms with van der Waals surface area (Å²) in [5.41, 5.74) is 2.28. The van der Waals surface area contributed by atoms with Gasteiger partial charge in [-0.1, -0.05) is 61.6 Å². The van der Waals surface area contributed by atoms with Crippen LogP contribution in [-0.4, -0.2) is 15.2 Å². The molecule has 5 nitrogen and oxygen atoms in total. The van der Waals surface area contributed by atoms with Crippen LogP contribution in [0.4, 0.5) is 11.4 Å². The second-order valence-electron chi connectivity index (χ2n) is 6.10. The molecule has 0 unspecified atom stereocenters. The highest BCUT2D eigenvalue weighted by Crippen LogP contribution is 2.37. The Morgan fingerprint density at radius 1 is 1.19 bits per heavy atom. The molecule has 0 spiro atoms. The van der Waals surface area contributed by atoms with E-state index >= 15 is 0 Å². The molecule has 1 heterocycles. The van der Waals surface area contributed by atoms with Gasteiger partial charge in [-0.25, -0.2) is 0 Å². The molecular formula is C20H18N2O3S2. The number of aryl methyl sites for hydroxylation is 1. The summed E-state index contributed by atoms with van der Waals surface area (Å²) in [6.45, 7) is 2.15. The predicted molar refractivity (Wildman–Crippen MR) is 114 cm³/mol. The van der Waals surface area contributed by atoms with Gasteiger partial charge in [0.2, 0.25) is 0 Å². The van der Waals surface area contributed by atoms with Crippen molar-refractivity contribution >= 4 is 51.7 Å². The second kappa shape index (κ2) is 8.45. The lowest BCUT2D eigenvalue weighted by molar-refractivity contribution is -0.385. The van der Waals surface area contributed by atoms with Crippen LogP contribution in [-0.2, 0) is 11.2 Å². The van der Waals surface area contributed by atoms with Gasteiger partial charge in [0.25, 0.3) is 11.6 Å². The van der Waals surface area contributed by atoms with Crippen LogP contribution in [0.1, 0.15) is 30.9 Å². The summed E-state index contributed by atoms with van der Waals surface area (Å²) in [4.78, 5) is 25.4. The van der Waals surface area contributed by atoms with Crippen molar-refractivity contribution in [2.24, 2.45) is 0 Å². The van der Waals surface area contributed by atoms with E-state index < -0.39 is 4.92 Å². The number of rotatable bonds is 6. The molecule has 2 aromatic rings. The topological polar surface area (TPSA) is 63.5 Å². The fraction of sp³-hybridized carbons (Fsp3) is 0.200. The van der Waals surface area contributed by atoms with Crippen LogP contribution >= 0.6 is 24.0 Å². The molecule has 0 aromatic heterocycles. The molecular weight excluding hydrogens is 380 g/mol. The van der Waals surface area contributed by atoms with E-state index in [1.54, 1.807) is 18.2 Å². The van der Waals surface area contributed by atoms with Gasteiger partial charge >= 0.3 is 0 Å². The minimum absolute atomic E-state index is 0.0388. The first kappa shape index (κ1) is 19.3. The van der Waals surface area contributed by atoms with Gasteiger partial charge < -0.3 is 0 Å². The van der Waals surface area contributed by atoms with Gasteiger partial charge in [-0.2, -0.15) is 0 Å². The van der Waals surface area contributed by atoms with E-state index in [-0.39, 0.29) is 11.6 Å². The third-order valence-corrected chi connectivity index (χ3v) is 5.53. The highest BCUT2D eigenvalue weighted by molar-refractivity contribution is 8.27. The number of amides is 1. The van der Waals surface area contributed by atoms with Crippen LogP contribution in [0, 0.1) is 10.1 Å². The monoisotopic (exact) mass is 398 g/mol. The number of nitrogens with zero attached hydrogens (tertiary/aromatic N) is 2. The van der Waals surface area contributed by atoms with Crippen molar-refractivity contribution in [3.05, 3.63) is 74.7 Å². The summed E-state index contributed by atoms with van der Waals surface area (Å²) in [6.07, 6.45) is 4.80. The Kier molecular flexibility index (Phi) is 6.03. The molecule has 0 aliphatic carbocycles. The Hall–Kier alpha value is -2.51. The molecule has 138 valence electrons. The van der Waals surface area contributed by atoms with Crippen molar-refractivity contribution < 1.29 is 9.72 Å². The largest absolute Gasteiger partial charge is 0.276 e. The lowest BCUT2D eigenvalue weighted by Crippen LogP contribution is -2.27. The summed E-state index contributed by atoms with van der Waals surface area (Å²) in [7, 11) is 0. The maximum absolute atomic E-state index is 12.8. The van der Waals surface area contributed by atoms with Gasteiger partial charge in [-0.15, -0.1) is 0 Å². The third-order valence-electron chi connectivity index (χ3n) is 4.23. The molecule has 1 amide bonds. The standard InChI is InChI=1S/C20H18N2O3S2/c1-2-3-6-14-9-11-16(12-10-14)21-19(23)18(27-20(21)26)13-15-7-4-5-8-17(15)22(24)25/h4-5,7-13H,2-3,6H2,1H3/b18-13-. The zero-order chi connectivity index (χ0) is 19.4. The zero-order valence-corrected chi connectivity index (χ0v) is 16.4. The first-order valence-electron chi connectivity index (χ1n) is 8.61. The molecule has 1 saturated heterocycles. The average molecular weight is 399 g/mol. The molecule has 0 N–H and O–H groups in total. The number of para-hydroxylation sites is 1. The first-order valence-corrected chi connectivity index (χ1v) is 9.84. The van der Waals surface area contributed by atoms with Gasteiger partial charge in [0.1, 0.15) is 0 Å². The van der Waals surface area contributed by atoms with Crippen molar-refractivity contribution in [1.29, 1.82) is 0 Å². The predicted octanol–water partition coefficient (Wildman–Crippen LogP) is 5.34. The van der Waals surface area contributed by atoms with E-state index in [4.69, 9.17) is 12.2 Å². The number of thiocarbonyl (C=S) groups is 1.